The van der Waals surface area contributed by atoms with Crippen LogP contribution in [0.25, 0.3) is 0 Å². The van der Waals surface area contributed by atoms with Gasteiger partial charge in [-0.05, 0) is 45.6 Å². The molecule has 0 amide bonds. The van der Waals surface area contributed by atoms with Crippen LogP contribution in [0.5, 0.6) is 0 Å². The Balaban J connectivity index is 1.79. The highest BCUT2D eigenvalue weighted by molar-refractivity contribution is 5.74. The number of nitrogens with zero attached hydrogens (tertiary/aromatic N) is 4. The van der Waals surface area contributed by atoms with Gasteiger partial charge in [-0.3, -0.25) is 9.69 Å². The fraction of sp³-hybridized carbons (Fsp3) is 0.706. The van der Waals surface area contributed by atoms with Crippen molar-refractivity contribution in [3.63, 3.8) is 0 Å². The summed E-state index contributed by atoms with van der Waals surface area (Å²) >= 11 is 0. The van der Waals surface area contributed by atoms with Gasteiger partial charge in [0.2, 0.25) is 5.82 Å². The third kappa shape index (κ3) is 3.36. The van der Waals surface area contributed by atoms with Gasteiger partial charge in [0, 0.05) is 30.9 Å². The molecule has 9 heteroatoms. The molecule has 1 aromatic heterocycles. The number of carboxylic acids is 1. The largest absolute Gasteiger partial charge is 0.480 e. The highest BCUT2D eigenvalue weighted by atomic mass is 19.4. The van der Waals surface area contributed by atoms with E-state index >= 15 is 0 Å². The number of hydrogen-bond acceptors (Lipinski definition) is 5. The second kappa shape index (κ2) is 6.37. The number of aliphatic carboxylic acids is 1. The minimum absolute atomic E-state index is 0.0862. The minimum atomic E-state index is -4.58. The molecule has 0 radical (unpaired) electrons. The molecule has 0 aromatic carbocycles. The summed E-state index contributed by atoms with van der Waals surface area (Å²) < 4.78 is 39.1. The molecule has 1 unspecified atom stereocenters. The summed E-state index contributed by atoms with van der Waals surface area (Å²) in [5, 5.41) is 9.33. The summed E-state index contributed by atoms with van der Waals surface area (Å²) in [6, 6.07) is -0.485. The lowest BCUT2D eigenvalue weighted by atomic mass is 9.76. The molecule has 144 valence electrons. The molecule has 0 saturated carbocycles. The third-order valence-electron chi connectivity index (χ3n) is 5.77. The van der Waals surface area contributed by atoms with E-state index in [1.54, 1.807) is 13.8 Å². The van der Waals surface area contributed by atoms with Gasteiger partial charge in [0.05, 0.1) is 0 Å². The molecule has 0 aliphatic carbocycles. The Morgan fingerprint density at radius 3 is 2.35 bits per heavy atom. The molecular weight excluding hydrogens is 349 g/mol. The van der Waals surface area contributed by atoms with Crippen LogP contribution in [-0.2, 0) is 11.0 Å². The monoisotopic (exact) mass is 372 g/mol. The molecule has 3 heterocycles. The van der Waals surface area contributed by atoms with Gasteiger partial charge in [-0.15, -0.1) is 0 Å². The van der Waals surface area contributed by atoms with E-state index in [0.29, 0.717) is 43.1 Å². The Labute approximate surface area is 150 Å². The first kappa shape index (κ1) is 18.9. The van der Waals surface area contributed by atoms with Crippen LogP contribution in [0.3, 0.4) is 0 Å². The Morgan fingerprint density at radius 1 is 1.23 bits per heavy atom. The third-order valence-corrected chi connectivity index (χ3v) is 5.77. The lowest BCUT2D eigenvalue weighted by molar-refractivity contribution is -0.145. The zero-order chi connectivity index (χ0) is 19.3. The van der Waals surface area contributed by atoms with Gasteiger partial charge < -0.3 is 10.0 Å². The van der Waals surface area contributed by atoms with Crippen LogP contribution in [-0.4, -0.2) is 58.7 Å². The number of carbonyl (C=O) groups is 1. The van der Waals surface area contributed by atoms with E-state index in [0.717, 1.165) is 12.8 Å². The van der Waals surface area contributed by atoms with E-state index in [1.165, 1.54) is 0 Å². The number of aromatic nitrogens is 2. The maximum absolute atomic E-state index is 13.0. The number of aryl methyl sites for hydroxylation is 1. The lowest BCUT2D eigenvalue weighted by Crippen LogP contribution is -2.42. The minimum Gasteiger partial charge on any atom is -0.480 e. The molecule has 2 aliphatic rings. The fourth-order valence-electron chi connectivity index (χ4n) is 4.15. The molecule has 2 fully saturated rings. The van der Waals surface area contributed by atoms with Crippen LogP contribution in [0.2, 0.25) is 0 Å². The summed E-state index contributed by atoms with van der Waals surface area (Å²) in [6.07, 6.45) is -2.51. The summed E-state index contributed by atoms with van der Waals surface area (Å²) in [5.41, 5.74) is 0.895. The number of carboxylic acid groups (broad SMARTS) is 1. The van der Waals surface area contributed by atoms with Crippen molar-refractivity contribution in [1.82, 2.24) is 14.9 Å². The second-order valence-corrected chi connectivity index (χ2v) is 7.54. The van der Waals surface area contributed by atoms with Gasteiger partial charge in [0.25, 0.3) is 0 Å². The Bertz CT molecular complexity index is 715. The number of hydrogen-bond donors (Lipinski definition) is 1. The van der Waals surface area contributed by atoms with Gasteiger partial charge in [-0.25, -0.2) is 9.97 Å². The quantitative estimate of drug-likeness (QED) is 0.860. The van der Waals surface area contributed by atoms with Crippen LogP contribution in [0.15, 0.2) is 0 Å². The van der Waals surface area contributed by atoms with Crippen molar-refractivity contribution < 1.29 is 23.1 Å². The van der Waals surface area contributed by atoms with E-state index in [-0.39, 0.29) is 5.41 Å². The topological polar surface area (TPSA) is 69.6 Å². The van der Waals surface area contributed by atoms with E-state index in [1.807, 2.05) is 16.8 Å². The van der Waals surface area contributed by atoms with Gasteiger partial charge in [0.1, 0.15) is 11.9 Å². The zero-order valence-electron chi connectivity index (χ0n) is 15.1. The average molecular weight is 372 g/mol. The molecule has 1 spiro atoms. The maximum atomic E-state index is 13.0. The predicted octanol–water partition coefficient (Wildman–Crippen LogP) is 2.49. The molecule has 0 bridgehead atoms. The average Bonchev–Trinajstić information content (AvgIpc) is 2.86. The molecular formula is C17H23F3N4O2. The molecule has 1 N–H and O–H groups in total. The Hall–Kier alpha value is -1.90. The van der Waals surface area contributed by atoms with Crippen LogP contribution in [0.1, 0.15) is 36.3 Å². The Morgan fingerprint density at radius 2 is 1.85 bits per heavy atom. The van der Waals surface area contributed by atoms with Crippen molar-refractivity contribution in [2.75, 3.05) is 31.6 Å². The number of halogens is 3. The van der Waals surface area contributed by atoms with Gasteiger partial charge in [-0.2, -0.15) is 13.2 Å². The number of alkyl halides is 3. The van der Waals surface area contributed by atoms with Crippen LogP contribution < -0.4 is 4.90 Å². The predicted molar refractivity (Wildman–Crippen MR) is 89.1 cm³/mol. The fourth-order valence-corrected chi connectivity index (χ4v) is 4.15. The first-order chi connectivity index (χ1) is 12.0. The summed E-state index contributed by atoms with van der Waals surface area (Å²) in [6.45, 7) is 5.13. The molecule has 1 aromatic rings. The van der Waals surface area contributed by atoms with Crippen LogP contribution >= 0.6 is 0 Å². The second-order valence-electron chi connectivity index (χ2n) is 7.54. The normalized spacial score (nSPS) is 23.6. The van der Waals surface area contributed by atoms with Gasteiger partial charge >= 0.3 is 12.1 Å². The smallest absolute Gasteiger partial charge is 0.451 e. The highest BCUT2D eigenvalue weighted by Crippen LogP contribution is 2.44. The molecule has 6 nitrogen and oxygen atoms in total. The van der Waals surface area contributed by atoms with Crippen LogP contribution in [0.4, 0.5) is 19.0 Å². The van der Waals surface area contributed by atoms with Crippen molar-refractivity contribution in [3.05, 3.63) is 17.1 Å². The van der Waals surface area contributed by atoms with Crippen molar-refractivity contribution in [3.8, 4) is 0 Å². The zero-order valence-corrected chi connectivity index (χ0v) is 15.1. The molecule has 26 heavy (non-hydrogen) atoms. The molecule has 2 aliphatic heterocycles. The molecule has 1 atom stereocenters. The molecule has 2 saturated heterocycles. The van der Waals surface area contributed by atoms with Crippen molar-refractivity contribution >= 4 is 11.8 Å². The summed E-state index contributed by atoms with van der Waals surface area (Å²) in [7, 11) is 1.81. The van der Waals surface area contributed by atoms with Crippen molar-refractivity contribution in [2.24, 2.45) is 5.41 Å². The van der Waals surface area contributed by atoms with E-state index in [4.69, 9.17) is 0 Å². The molecule has 3 rings (SSSR count). The van der Waals surface area contributed by atoms with Gasteiger partial charge in [-0.1, -0.05) is 0 Å². The van der Waals surface area contributed by atoms with E-state index in [9.17, 15) is 23.1 Å². The standard InChI is InChI=1S/C17H23F3N4O2/c1-10-11(2)21-15(17(18,19)20)22-13(10)24-6-4-16(5-7-24)8-12(14(25)26)23(3)9-16/h12H,4-9H2,1-3H3,(H,25,26). The van der Waals surface area contributed by atoms with Gasteiger partial charge in [0.15, 0.2) is 0 Å². The Kier molecular flexibility index (Phi) is 4.62. The summed E-state index contributed by atoms with van der Waals surface area (Å²) in [4.78, 5) is 22.5. The van der Waals surface area contributed by atoms with E-state index in [2.05, 4.69) is 9.97 Å². The van der Waals surface area contributed by atoms with Crippen molar-refractivity contribution in [1.29, 1.82) is 0 Å². The highest BCUT2D eigenvalue weighted by Gasteiger charge is 2.47. The summed E-state index contributed by atoms with van der Waals surface area (Å²) in [5.74, 6) is -1.59. The van der Waals surface area contributed by atoms with Crippen LogP contribution in [0, 0.1) is 19.3 Å². The number of likely N-dealkylation sites (tertiary alicyclic amines) is 1. The first-order valence-corrected chi connectivity index (χ1v) is 8.63. The van der Waals surface area contributed by atoms with Crippen molar-refractivity contribution in [2.45, 2.75) is 45.3 Å². The number of piperidine rings is 1. The first-order valence-electron chi connectivity index (χ1n) is 8.63. The SMILES string of the molecule is Cc1nc(C(F)(F)F)nc(N2CCC3(CC2)CC(C(=O)O)N(C)C3)c1C. The lowest BCUT2D eigenvalue weighted by Gasteiger charge is -2.40. The maximum Gasteiger partial charge on any atom is 0.451 e. The van der Waals surface area contributed by atoms with E-state index < -0.39 is 24.0 Å². The number of likely N-dealkylation sites (N-methyl/N-ethyl adjacent to an activating group) is 1. The number of rotatable bonds is 2. The number of anilines is 1.